The van der Waals surface area contributed by atoms with E-state index in [0.29, 0.717) is 17.7 Å². The second kappa shape index (κ2) is 4.61. The predicted molar refractivity (Wildman–Crippen MR) is 78.0 cm³/mol. The molecule has 3 nitrogen and oxygen atoms in total. The van der Waals surface area contributed by atoms with E-state index in [1.807, 2.05) is 12.1 Å². The van der Waals surface area contributed by atoms with Crippen molar-refractivity contribution >= 4 is 0 Å². The summed E-state index contributed by atoms with van der Waals surface area (Å²) in [6, 6.07) is 6.44. The van der Waals surface area contributed by atoms with Gasteiger partial charge >= 0.3 is 0 Å². The van der Waals surface area contributed by atoms with Crippen molar-refractivity contribution in [3.05, 3.63) is 41.0 Å². The van der Waals surface area contributed by atoms with E-state index in [-0.39, 0.29) is 6.10 Å². The topological polar surface area (TPSA) is 32.7 Å². The summed E-state index contributed by atoms with van der Waals surface area (Å²) in [6.45, 7) is 2.30. The fourth-order valence-corrected chi connectivity index (χ4v) is 4.31. The third-order valence-electron chi connectivity index (χ3n) is 5.23. The van der Waals surface area contributed by atoms with Crippen molar-refractivity contribution in [2.75, 3.05) is 20.2 Å². The standard InChI is InChI=1S/C17H21NO2/c1-20-14-8-12-5-7-18-6-4-11-2-3-13(19)9-15(11)16(10-14)17(12)18/h2-3,8-9,14,16-17,19H,4-7,10H2,1H3/t14-,16+,17-/m1/s1. The highest BCUT2D eigenvalue weighted by Gasteiger charge is 2.42. The zero-order valence-corrected chi connectivity index (χ0v) is 11.9. The molecular formula is C17H21NO2. The van der Waals surface area contributed by atoms with Gasteiger partial charge in [0.2, 0.25) is 0 Å². The number of phenols is 1. The van der Waals surface area contributed by atoms with Crippen LogP contribution in [0.15, 0.2) is 29.8 Å². The maximum absolute atomic E-state index is 9.88. The number of hydrogen-bond donors (Lipinski definition) is 1. The van der Waals surface area contributed by atoms with E-state index in [0.717, 1.165) is 19.4 Å². The number of benzene rings is 1. The van der Waals surface area contributed by atoms with Crippen molar-refractivity contribution < 1.29 is 9.84 Å². The van der Waals surface area contributed by atoms with Gasteiger partial charge in [-0.1, -0.05) is 17.7 Å². The first-order valence-electron chi connectivity index (χ1n) is 7.55. The smallest absolute Gasteiger partial charge is 0.115 e. The quantitative estimate of drug-likeness (QED) is 0.796. The molecule has 0 saturated carbocycles. The monoisotopic (exact) mass is 271 g/mol. The summed E-state index contributed by atoms with van der Waals surface area (Å²) in [6.07, 6.45) is 5.86. The molecule has 0 bridgehead atoms. The molecule has 1 fully saturated rings. The summed E-state index contributed by atoms with van der Waals surface area (Å²) in [5, 5.41) is 9.88. The van der Waals surface area contributed by atoms with E-state index >= 15 is 0 Å². The molecule has 2 heterocycles. The van der Waals surface area contributed by atoms with Crippen LogP contribution in [0.3, 0.4) is 0 Å². The molecule has 3 heteroatoms. The summed E-state index contributed by atoms with van der Waals surface area (Å²) in [5.41, 5.74) is 4.29. The van der Waals surface area contributed by atoms with Gasteiger partial charge < -0.3 is 9.84 Å². The first-order chi connectivity index (χ1) is 9.76. The van der Waals surface area contributed by atoms with Crippen molar-refractivity contribution in [1.82, 2.24) is 4.90 Å². The van der Waals surface area contributed by atoms with Gasteiger partial charge in [0.15, 0.2) is 0 Å². The molecule has 4 rings (SSSR count). The van der Waals surface area contributed by atoms with Crippen LogP contribution in [0.5, 0.6) is 5.75 Å². The SMILES string of the molecule is CO[C@@H]1C=C2CCN3CCc4ccc(O)cc4[C@H](C1)[C@@H]23. The largest absolute Gasteiger partial charge is 0.508 e. The molecule has 0 radical (unpaired) electrons. The lowest BCUT2D eigenvalue weighted by molar-refractivity contribution is 0.106. The average molecular weight is 271 g/mol. The van der Waals surface area contributed by atoms with Gasteiger partial charge in [0, 0.05) is 32.2 Å². The van der Waals surface area contributed by atoms with Crippen LogP contribution in [0.2, 0.25) is 0 Å². The van der Waals surface area contributed by atoms with E-state index in [4.69, 9.17) is 4.74 Å². The van der Waals surface area contributed by atoms with Gasteiger partial charge in [-0.05, 0) is 42.5 Å². The zero-order chi connectivity index (χ0) is 13.7. The molecule has 0 amide bonds. The maximum Gasteiger partial charge on any atom is 0.115 e. The lowest BCUT2D eigenvalue weighted by Crippen LogP contribution is -2.38. The van der Waals surface area contributed by atoms with Gasteiger partial charge in [0.1, 0.15) is 5.75 Å². The number of hydrogen-bond acceptors (Lipinski definition) is 3. The lowest BCUT2D eigenvalue weighted by Gasteiger charge is -2.36. The molecule has 1 aliphatic carbocycles. The molecule has 0 aromatic heterocycles. The van der Waals surface area contributed by atoms with Crippen molar-refractivity contribution in [2.45, 2.75) is 37.3 Å². The summed E-state index contributed by atoms with van der Waals surface area (Å²) in [7, 11) is 1.80. The Kier molecular flexibility index (Phi) is 2.86. The van der Waals surface area contributed by atoms with Gasteiger partial charge in [-0.2, -0.15) is 0 Å². The summed E-state index contributed by atoms with van der Waals surface area (Å²) >= 11 is 0. The van der Waals surface area contributed by atoms with Crippen molar-refractivity contribution in [3.63, 3.8) is 0 Å². The fourth-order valence-electron chi connectivity index (χ4n) is 4.31. The van der Waals surface area contributed by atoms with Gasteiger partial charge in [-0.3, -0.25) is 4.90 Å². The van der Waals surface area contributed by atoms with Crippen molar-refractivity contribution in [1.29, 1.82) is 0 Å². The Labute approximate surface area is 119 Å². The van der Waals surface area contributed by atoms with Crippen molar-refractivity contribution in [3.8, 4) is 5.75 Å². The number of methoxy groups -OCH3 is 1. The van der Waals surface area contributed by atoms with Crippen LogP contribution in [-0.2, 0) is 11.2 Å². The second-order valence-electron chi connectivity index (χ2n) is 6.22. The number of ether oxygens (including phenoxy) is 1. The Morgan fingerprint density at radius 3 is 2.95 bits per heavy atom. The number of rotatable bonds is 1. The fraction of sp³-hybridized carbons (Fsp3) is 0.529. The second-order valence-corrected chi connectivity index (χ2v) is 6.22. The van der Waals surface area contributed by atoms with Gasteiger partial charge in [0.25, 0.3) is 0 Å². The molecular weight excluding hydrogens is 250 g/mol. The Bertz CT molecular complexity index is 566. The number of nitrogens with zero attached hydrogens (tertiary/aromatic N) is 1. The van der Waals surface area contributed by atoms with E-state index in [1.165, 1.54) is 24.1 Å². The van der Waals surface area contributed by atoms with Crippen LogP contribution in [0.4, 0.5) is 0 Å². The van der Waals surface area contributed by atoms with Crippen LogP contribution in [0, 0.1) is 0 Å². The number of fused-ring (bicyclic) bond motifs is 2. The molecule has 3 aliphatic rings. The number of aromatic hydroxyl groups is 1. The van der Waals surface area contributed by atoms with Crippen LogP contribution in [-0.4, -0.2) is 42.4 Å². The maximum atomic E-state index is 9.88. The highest BCUT2D eigenvalue weighted by Crippen LogP contribution is 2.45. The highest BCUT2D eigenvalue weighted by molar-refractivity contribution is 5.43. The molecule has 106 valence electrons. The number of phenolic OH excluding ortho intramolecular Hbond substituents is 1. The highest BCUT2D eigenvalue weighted by atomic mass is 16.5. The average Bonchev–Trinajstić information content (AvgIpc) is 2.80. The van der Waals surface area contributed by atoms with E-state index in [9.17, 15) is 5.11 Å². The molecule has 1 saturated heterocycles. The Hall–Kier alpha value is -1.32. The van der Waals surface area contributed by atoms with Crippen molar-refractivity contribution in [2.24, 2.45) is 0 Å². The first-order valence-corrected chi connectivity index (χ1v) is 7.55. The van der Waals surface area contributed by atoms with Crippen LogP contribution >= 0.6 is 0 Å². The molecule has 2 aliphatic heterocycles. The van der Waals surface area contributed by atoms with Gasteiger partial charge in [-0.25, -0.2) is 0 Å². The van der Waals surface area contributed by atoms with Crippen LogP contribution < -0.4 is 0 Å². The minimum absolute atomic E-state index is 0.222. The Morgan fingerprint density at radius 1 is 1.25 bits per heavy atom. The first kappa shape index (κ1) is 12.4. The predicted octanol–water partition coefficient (Wildman–Crippen LogP) is 2.45. The zero-order valence-electron chi connectivity index (χ0n) is 11.9. The molecule has 3 atom stereocenters. The molecule has 1 aromatic rings. The summed E-state index contributed by atoms with van der Waals surface area (Å²) < 4.78 is 5.62. The molecule has 1 aromatic carbocycles. The minimum Gasteiger partial charge on any atom is -0.508 e. The minimum atomic E-state index is 0.222. The van der Waals surface area contributed by atoms with Gasteiger partial charge in [-0.15, -0.1) is 0 Å². The summed E-state index contributed by atoms with van der Waals surface area (Å²) in [5.74, 6) is 0.854. The van der Waals surface area contributed by atoms with E-state index < -0.39 is 0 Å². The van der Waals surface area contributed by atoms with Gasteiger partial charge in [0.05, 0.1) is 6.10 Å². The molecule has 0 unspecified atom stereocenters. The molecule has 1 N–H and O–H groups in total. The van der Waals surface area contributed by atoms with E-state index in [2.05, 4.69) is 17.0 Å². The Balaban J connectivity index is 1.83. The normalized spacial score (nSPS) is 32.2. The van der Waals surface area contributed by atoms with Crippen LogP contribution in [0.25, 0.3) is 0 Å². The molecule has 0 spiro atoms. The Morgan fingerprint density at radius 2 is 2.10 bits per heavy atom. The third-order valence-corrected chi connectivity index (χ3v) is 5.23. The lowest BCUT2D eigenvalue weighted by atomic mass is 9.77. The van der Waals surface area contributed by atoms with E-state index in [1.54, 1.807) is 12.7 Å². The van der Waals surface area contributed by atoms with Crippen LogP contribution in [0.1, 0.15) is 29.9 Å². The summed E-state index contributed by atoms with van der Waals surface area (Å²) in [4.78, 5) is 2.62. The molecule has 20 heavy (non-hydrogen) atoms. The third kappa shape index (κ3) is 1.80.